The summed E-state index contributed by atoms with van der Waals surface area (Å²) in [5.41, 5.74) is 8.90. The Kier molecular flexibility index (Phi) is 4.39. The molecule has 0 aliphatic carbocycles. The van der Waals surface area contributed by atoms with E-state index in [1.807, 2.05) is 54.6 Å². The number of amides is 1. The Morgan fingerprint density at radius 2 is 1.92 bits per heavy atom. The van der Waals surface area contributed by atoms with E-state index in [9.17, 15) is 4.79 Å². The molecule has 1 atom stereocenters. The van der Waals surface area contributed by atoms with E-state index in [0.29, 0.717) is 37.6 Å². The molecule has 132 valence electrons. The highest BCUT2D eigenvalue weighted by atomic mass is 16.5. The number of rotatable bonds is 5. The van der Waals surface area contributed by atoms with Crippen molar-refractivity contribution in [2.75, 3.05) is 11.4 Å². The van der Waals surface area contributed by atoms with Gasteiger partial charge < -0.3 is 15.2 Å². The van der Waals surface area contributed by atoms with Gasteiger partial charge in [0.25, 0.3) is 0 Å². The van der Waals surface area contributed by atoms with Crippen molar-refractivity contribution in [3.63, 3.8) is 0 Å². The number of aromatic nitrogens is 2. The summed E-state index contributed by atoms with van der Waals surface area (Å²) < 4.78 is 5.43. The number of anilines is 1. The molecule has 0 saturated carbocycles. The third kappa shape index (κ3) is 3.44. The molecular weight excluding hydrogens is 328 g/mol. The minimum atomic E-state index is -0.278. The number of fused-ring (bicyclic) bond motifs is 1. The zero-order valence-corrected chi connectivity index (χ0v) is 14.3. The Bertz CT molecular complexity index is 907. The monoisotopic (exact) mass is 348 g/mol. The number of nitrogens with zero attached hydrogens (tertiary/aromatic N) is 3. The van der Waals surface area contributed by atoms with Gasteiger partial charge in [0.15, 0.2) is 5.82 Å². The molecule has 0 spiro atoms. The van der Waals surface area contributed by atoms with Gasteiger partial charge >= 0.3 is 0 Å². The molecule has 1 amide bonds. The van der Waals surface area contributed by atoms with Crippen molar-refractivity contribution in [3.05, 3.63) is 77.4 Å². The number of hydrogen-bond acceptors (Lipinski definition) is 5. The van der Waals surface area contributed by atoms with E-state index in [0.717, 1.165) is 16.8 Å². The average Bonchev–Trinajstić information content (AvgIpc) is 3.09. The topological polar surface area (TPSA) is 85.3 Å². The first-order chi connectivity index (χ1) is 12.7. The number of para-hydroxylation sites is 1. The van der Waals surface area contributed by atoms with E-state index < -0.39 is 0 Å². The van der Waals surface area contributed by atoms with Crippen molar-refractivity contribution in [2.24, 2.45) is 11.7 Å². The SMILES string of the molecule is NC(=O)C1Cc2ccccc2N(Cc2nc(Cc3ccccc3)no2)C1. The normalized spacial score (nSPS) is 16.3. The summed E-state index contributed by atoms with van der Waals surface area (Å²) in [6, 6.07) is 18.1. The molecule has 1 aromatic heterocycles. The zero-order chi connectivity index (χ0) is 17.9. The number of hydrogen-bond donors (Lipinski definition) is 1. The lowest BCUT2D eigenvalue weighted by Gasteiger charge is -2.33. The molecule has 1 aliphatic rings. The predicted molar refractivity (Wildman–Crippen MR) is 97.4 cm³/mol. The van der Waals surface area contributed by atoms with Crippen molar-refractivity contribution in [1.29, 1.82) is 0 Å². The van der Waals surface area contributed by atoms with Crippen LogP contribution in [0.1, 0.15) is 22.8 Å². The largest absolute Gasteiger partial charge is 0.369 e. The van der Waals surface area contributed by atoms with Crippen LogP contribution in [0, 0.1) is 5.92 Å². The van der Waals surface area contributed by atoms with Gasteiger partial charge in [-0.1, -0.05) is 53.7 Å². The van der Waals surface area contributed by atoms with Gasteiger partial charge in [0.1, 0.15) is 0 Å². The average molecular weight is 348 g/mol. The fourth-order valence-electron chi connectivity index (χ4n) is 3.39. The lowest BCUT2D eigenvalue weighted by Crippen LogP contribution is -2.41. The first-order valence-corrected chi connectivity index (χ1v) is 8.66. The van der Waals surface area contributed by atoms with E-state index in [4.69, 9.17) is 10.3 Å². The summed E-state index contributed by atoms with van der Waals surface area (Å²) in [4.78, 5) is 18.3. The van der Waals surface area contributed by atoms with Gasteiger partial charge in [0.05, 0.1) is 12.5 Å². The van der Waals surface area contributed by atoms with Crippen LogP contribution in [0.2, 0.25) is 0 Å². The molecule has 3 aromatic rings. The van der Waals surface area contributed by atoms with Crippen molar-refractivity contribution in [3.8, 4) is 0 Å². The Labute approximate surface area is 151 Å². The molecule has 0 saturated heterocycles. The van der Waals surface area contributed by atoms with Gasteiger partial charge in [-0.25, -0.2) is 0 Å². The molecule has 2 aromatic carbocycles. The van der Waals surface area contributed by atoms with E-state index in [2.05, 4.69) is 15.0 Å². The molecule has 4 rings (SSSR count). The Balaban J connectivity index is 1.52. The van der Waals surface area contributed by atoms with Crippen LogP contribution in [-0.4, -0.2) is 22.6 Å². The number of nitrogens with two attached hydrogens (primary N) is 1. The highest BCUT2D eigenvalue weighted by molar-refractivity contribution is 5.79. The summed E-state index contributed by atoms with van der Waals surface area (Å²) >= 11 is 0. The van der Waals surface area contributed by atoms with Crippen molar-refractivity contribution in [1.82, 2.24) is 10.1 Å². The van der Waals surface area contributed by atoms with Gasteiger partial charge in [0, 0.05) is 18.7 Å². The number of benzene rings is 2. The molecule has 1 unspecified atom stereocenters. The molecule has 0 fully saturated rings. The van der Waals surface area contributed by atoms with Crippen molar-refractivity contribution in [2.45, 2.75) is 19.4 Å². The highest BCUT2D eigenvalue weighted by Crippen LogP contribution is 2.30. The zero-order valence-electron chi connectivity index (χ0n) is 14.3. The molecule has 0 radical (unpaired) electrons. The fourth-order valence-corrected chi connectivity index (χ4v) is 3.39. The molecular formula is C20H20N4O2. The molecule has 0 bridgehead atoms. The molecule has 2 heterocycles. The smallest absolute Gasteiger partial charge is 0.246 e. The Morgan fingerprint density at radius 1 is 1.15 bits per heavy atom. The Morgan fingerprint density at radius 3 is 2.73 bits per heavy atom. The minimum absolute atomic E-state index is 0.211. The summed E-state index contributed by atoms with van der Waals surface area (Å²) in [6.45, 7) is 1.02. The second-order valence-corrected chi connectivity index (χ2v) is 6.58. The van der Waals surface area contributed by atoms with Crippen LogP contribution in [0.15, 0.2) is 59.1 Å². The van der Waals surface area contributed by atoms with Crippen molar-refractivity contribution >= 4 is 11.6 Å². The van der Waals surface area contributed by atoms with Crippen LogP contribution in [0.3, 0.4) is 0 Å². The van der Waals surface area contributed by atoms with Crippen LogP contribution >= 0.6 is 0 Å². The predicted octanol–water partition coefficient (Wildman–Crippen LogP) is 2.32. The van der Waals surface area contributed by atoms with Gasteiger partial charge in [-0.2, -0.15) is 4.98 Å². The number of carbonyl (C=O) groups excluding carboxylic acids is 1. The lowest BCUT2D eigenvalue weighted by molar-refractivity contribution is -0.121. The molecule has 6 heteroatoms. The van der Waals surface area contributed by atoms with E-state index in [1.165, 1.54) is 0 Å². The minimum Gasteiger partial charge on any atom is -0.369 e. The van der Waals surface area contributed by atoms with Crippen LogP contribution < -0.4 is 10.6 Å². The second-order valence-electron chi connectivity index (χ2n) is 6.58. The molecule has 1 aliphatic heterocycles. The van der Waals surface area contributed by atoms with Crippen LogP contribution in [0.4, 0.5) is 5.69 Å². The maximum absolute atomic E-state index is 11.7. The highest BCUT2D eigenvalue weighted by Gasteiger charge is 2.28. The van der Waals surface area contributed by atoms with Gasteiger partial charge in [-0.3, -0.25) is 4.79 Å². The van der Waals surface area contributed by atoms with E-state index in [1.54, 1.807) is 0 Å². The standard InChI is InChI=1S/C20H20N4O2/c21-20(25)16-11-15-8-4-5-9-17(15)24(12-16)13-19-22-18(23-26-19)10-14-6-2-1-3-7-14/h1-9,16H,10-13H2,(H2,21,25). The molecule has 2 N–H and O–H groups in total. The summed E-state index contributed by atoms with van der Waals surface area (Å²) in [7, 11) is 0. The maximum Gasteiger partial charge on any atom is 0.246 e. The summed E-state index contributed by atoms with van der Waals surface area (Å²) in [5.74, 6) is 0.704. The first kappa shape index (κ1) is 16.3. The second kappa shape index (κ2) is 7.00. The fraction of sp³-hybridized carbons (Fsp3) is 0.250. The molecule has 26 heavy (non-hydrogen) atoms. The van der Waals surface area contributed by atoms with Crippen LogP contribution in [0.5, 0.6) is 0 Å². The quantitative estimate of drug-likeness (QED) is 0.765. The summed E-state index contributed by atoms with van der Waals surface area (Å²) in [6.07, 6.45) is 1.30. The van der Waals surface area contributed by atoms with Crippen LogP contribution in [-0.2, 0) is 24.2 Å². The van der Waals surface area contributed by atoms with Crippen LogP contribution in [0.25, 0.3) is 0 Å². The van der Waals surface area contributed by atoms with Crippen molar-refractivity contribution < 1.29 is 9.32 Å². The number of carbonyl (C=O) groups is 1. The van der Waals surface area contributed by atoms with E-state index >= 15 is 0 Å². The lowest BCUT2D eigenvalue weighted by atomic mass is 9.92. The van der Waals surface area contributed by atoms with Gasteiger partial charge in [-0.05, 0) is 23.6 Å². The number of primary amides is 1. The Hall–Kier alpha value is -3.15. The first-order valence-electron chi connectivity index (χ1n) is 8.66. The third-order valence-electron chi connectivity index (χ3n) is 4.68. The maximum atomic E-state index is 11.7. The third-order valence-corrected chi connectivity index (χ3v) is 4.68. The van der Waals surface area contributed by atoms with Gasteiger partial charge in [-0.15, -0.1) is 0 Å². The summed E-state index contributed by atoms with van der Waals surface area (Å²) in [5, 5.41) is 4.08. The van der Waals surface area contributed by atoms with Gasteiger partial charge in [0.2, 0.25) is 11.8 Å². The molecule has 6 nitrogen and oxygen atoms in total. The van der Waals surface area contributed by atoms with E-state index in [-0.39, 0.29) is 11.8 Å².